The number of amides is 2. The first kappa shape index (κ1) is 23.7. The van der Waals surface area contributed by atoms with Crippen molar-refractivity contribution in [2.75, 3.05) is 0 Å². The largest absolute Gasteiger partial charge is 0.390 e. The van der Waals surface area contributed by atoms with E-state index in [4.69, 9.17) is 0 Å². The molecule has 3 aromatic rings. The fourth-order valence-corrected chi connectivity index (χ4v) is 4.44. The molecular formula is C25H28N2O4S. The van der Waals surface area contributed by atoms with Gasteiger partial charge in [0.15, 0.2) is 6.10 Å². The van der Waals surface area contributed by atoms with Gasteiger partial charge in [0.25, 0.3) is 5.91 Å². The number of thiophene rings is 1. The van der Waals surface area contributed by atoms with Crippen molar-refractivity contribution in [2.45, 2.75) is 45.2 Å². The van der Waals surface area contributed by atoms with Crippen LogP contribution in [0.1, 0.15) is 33.4 Å². The van der Waals surface area contributed by atoms with Crippen molar-refractivity contribution >= 4 is 23.7 Å². The maximum atomic E-state index is 11.8. The number of hydrogen-bond acceptors (Lipinski definition) is 5. The quantitative estimate of drug-likeness (QED) is 0.481. The second kappa shape index (κ2) is 11.6. The number of carbonyl (C=O) groups excluding carboxylic acids is 2. The summed E-state index contributed by atoms with van der Waals surface area (Å²) in [4.78, 5) is 26.0. The minimum absolute atomic E-state index is 0.411. The van der Waals surface area contributed by atoms with Gasteiger partial charge in [-0.15, -0.1) is 11.3 Å². The smallest absolute Gasteiger partial charge is 0.254 e. The highest BCUT2D eigenvalue weighted by atomic mass is 32.1. The zero-order valence-electron chi connectivity index (χ0n) is 18.0. The van der Waals surface area contributed by atoms with E-state index in [1.807, 2.05) is 30.3 Å². The molecule has 0 bridgehead atoms. The summed E-state index contributed by atoms with van der Waals surface area (Å²) in [5.74, 6) is -0.411. The maximum Gasteiger partial charge on any atom is 0.254 e. The van der Waals surface area contributed by atoms with Crippen LogP contribution in [0.15, 0.2) is 66.7 Å². The molecule has 2 aromatic carbocycles. The number of fused-ring (bicyclic) bond motifs is 1. The molecule has 168 valence electrons. The van der Waals surface area contributed by atoms with Crippen LogP contribution in [-0.4, -0.2) is 39.6 Å². The number of benzene rings is 2. The van der Waals surface area contributed by atoms with E-state index < -0.39 is 18.1 Å². The van der Waals surface area contributed by atoms with Crippen LogP contribution in [0.3, 0.4) is 0 Å². The van der Waals surface area contributed by atoms with Crippen LogP contribution in [0.5, 0.6) is 0 Å². The summed E-state index contributed by atoms with van der Waals surface area (Å²) < 4.78 is 0. The first-order valence-corrected chi connectivity index (χ1v) is 11.3. The van der Waals surface area contributed by atoms with E-state index >= 15 is 0 Å². The molecule has 6 nitrogen and oxygen atoms in total. The van der Waals surface area contributed by atoms with Gasteiger partial charge in [-0.3, -0.25) is 9.59 Å². The number of aliphatic hydroxyl groups excluding tert-OH is 2. The standard InChI is InChI=1S/C13H13NOS.C12H15NO3/c15-10-14-9-13-7-6-12(16-13)8-11-4-2-1-3-5-11;1-8(14)11(15)12(16)13-6-9-4-2-3-5-10(9)7-13/h1-7,10H,8-9H2,(H,14,15);2-5,8,11,14-15H,6-7H2,1H3. The van der Waals surface area contributed by atoms with Gasteiger partial charge in [-0.05, 0) is 35.7 Å². The van der Waals surface area contributed by atoms with Crippen LogP contribution in [0.2, 0.25) is 0 Å². The van der Waals surface area contributed by atoms with Gasteiger partial charge in [0.05, 0.1) is 12.6 Å². The van der Waals surface area contributed by atoms with E-state index in [1.165, 1.54) is 22.2 Å². The molecule has 3 N–H and O–H groups in total. The second-order valence-electron chi connectivity index (χ2n) is 7.68. The van der Waals surface area contributed by atoms with Gasteiger partial charge in [-0.1, -0.05) is 54.6 Å². The van der Waals surface area contributed by atoms with Gasteiger partial charge in [-0.25, -0.2) is 0 Å². The molecular weight excluding hydrogens is 424 g/mol. The molecule has 0 spiro atoms. The lowest BCUT2D eigenvalue weighted by Crippen LogP contribution is -2.41. The molecule has 4 rings (SSSR count). The summed E-state index contributed by atoms with van der Waals surface area (Å²) in [6.07, 6.45) is -0.658. The van der Waals surface area contributed by atoms with E-state index in [2.05, 4.69) is 41.7 Å². The van der Waals surface area contributed by atoms with Crippen LogP contribution < -0.4 is 5.32 Å². The van der Waals surface area contributed by atoms with Gasteiger partial charge in [-0.2, -0.15) is 0 Å². The molecule has 0 saturated carbocycles. The molecule has 7 heteroatoms. The first-order valence-electron chi connectivity index (χ1n) is 10.5. The zero-order valence-corrected chi connectivity index (χ0v) is 18.8. The van der Waals surface area contributed by atoms with E-state index in [0.29, 0.717) is 19.6 Å². The molecule has 0 aliphatic carbocycles. The molecule has 1 aliphatic heterocycles. The fourth-order valence-electron chi connectivity index (χ4n) is 3.43. The van der Waals surface area contributed by atoms with Crippen LogP contribution >= 0.6 is 11.3 Å². The predicted molar refractivity (Wildman–Crippen MR) is 125 cm³/mol. The van der Waals surface area contributed by atoms with Gasteiger partial charge < -0.3 is 20.4 Å². The Morgan fingerprint density at radius 1 is 1.00 bits per heavy atom. The van der Waals surface area contributed by atoms with E-state index in [-0.39, 0.29) is 0 Å². The Labute approximate surface area is 192 Å². The Morgan fingerprint density at radius 3 is 2.19 bits per heavy atom. The molecule has 32 heavy (non-hydrogen) atoms. The van der Waals surface area contributed by atoms with E-state index in [1.54, 1.807) is 16.2 Å². The van der Waals surface area contributed by atoms with Gasteiger partial charge in [0.2, 0.25) is 6.41 Å². The summed E-state index contributed by atoms with van der Waals surface area (Å²) in [5.41, 5.74) is 3.53. The number of carbonyl (C=O) groups is 2. The molecule has 2 amide bonds. The molecule has 2 atom stereocenters. The highest BCUT2D eigenvalue weighted by Crippen LogP contribution is 2.23. The molecule has 2 unspecified atom stereocenters. The number of rotatable bonds is 7. The third-order valence-corrected chi connectivity index (χ3v) is 6.25. The lowest BCUT2D eigenvalue weighted by molar-refractivity contribution is -0.146. The Kier molecular flexibility index (Phi) is 8.56. The summed E-state index contributed by atoms with van der Waals surface area (Å²) >= 11 is 1.75. The average molecular weight is 453 g/mol. The topological polar surface area (TPSA) is 89.9 Å². The summed E-state index contributed by atoms with van der Waals surface area (Å²) in [5, 5.41) is 21.3. The average Bonchev–Trinajstić information content (AvgIpc) is 3.44. The highest BCUT2D eigenvalue weighted by molar-refractivity contribution is 7.12. The Balaban J connectivity index is 0.000000181. The van der Waals surface area contributed by atoms with Crippen molar-refractivity contribution in [3.05, 3.63) is 93.2 Å². The van der Waals surface area contributed by atoms with Crippen LogP contribution in [0.25, 0.3) is 0 Å². The summed E-state index contributed by atoms with van der Waals surface area (Å²) in [7, 11) is 0. The SMILES string of the molecule is CC(O)C(O)C(=O)N1Cc2ccccc2C1.O=CNCc1ccc(Cc2ccccc2)s1. The van der Waals surface area contributed by atoms with Crippen LogP contribution in [-0.2, 0) is 35.6 Å². The lowest BCUT2D eigenvalue weighted by Gasteiger charge is -2.21. The summed E-state index contributed by atoms with van der Waals surface area (Å²) in [6, 6.07) is 22.4. The Morgan fingerprint density at radius 2 is 1.59 bits per heavy atom. The monoisotopic (exact) mass is 452 g/mol. The van der Waals surface area contributed by atoms with E-state index in [9.17, 15) is 19.8 Å². The zero-order chi connectivity index (χ0) is 22.9. The second-order valence-corrected chi connectivity index (χ2v) is 8.93. The first-order chi connectivity index (χ1) is 15.5. The van der Waals surface area contributed by atoms with Crippen molar-refractivity contribution in [2.24, 2.45) is 0 Å². The van der Waals surface area contributed by atoms with Crippen molar-refractivity contribution in [1.82, 2.24) is 10.2 Å². The maximum absolute atomic E-state index is 11.8. The molecule has 2 heterocycles. The third-order valence-electron chi connectivity index (χ3n) is 5.16. The normalized spacial score (nSPS) is 14.0. The number of hydrogen-bond donors (Lipinski definition) is 3. The molecule has 0 radical (unpaired) electrons. The third kappa shape index (κ3) is 6.50. The molecule has 1 aliphatic rings. The lowest BCUT2D eigenvalue weighted by atomic mass is 10.1. The van der Waals surface area contributed by atoms with Gasteiger partial charge in [0.1, 0.15) is 0 Å². The van der Waals surface area contributed by atoms with Crippen molar-refractivity contribution in [3.63, 3.8) is 0 Å². The number of nitrogens with one attached hydrogen (secondary N) is 1. The summed E-state index contributed by atoms with van der Waals surface area (Å²) in [6.45, 7) is 3.06. The molecule has 0 fully saturated rings. The van der Waals surface area contributed by atoms with Gasteiger partial charge >= 0.3 is 0 Å². The number of nitrogens with zero attached hydrogens (tertiary/aromatic N) is 1. The minimum atomic E-state index is -1.32. The number of aliphatic hydroxyl groups is 2. The predicted octanol–water partition coefficient (Wildman–Crippen LogP) is 2.86. The fraction of sp³-hybridized carbons (Fsp3) is 0.280. The van der Waals surface area contributed by atoms with Crippen molar-refractivity contribution in [3.8, 4) is 0 Å². The van der Waals surface area contributed by atoms with Crippen molar-refractivity contribution in [1.29, 1.82) is 0 Å². The molecule has 0 saturated heterocycles. The van der Waals surface area contributed by atoms with Gasteiger partial charge in [0, 0.05) is 29.3 Å². The van der Waals surface area contributed by atoms with Crippen LogP contribution in [0.4, 0.5) is 0 Å². The van der Waals surface area contributed by atoms with E-state index in [0.717, 1.165) is 24.0 Å². The van der Waals surface area contributed by atoms with Crippen LogP contribution in [0, 0.1) is 0 Å². The minimum Gasteiger partial charge on any atom is -0.390 e. The Hall–Kier alpha value is -3.00. The Bertz CT molecular complexity index is 995. The van der Waals surface area contributed by atoms with Crippen molar-refractivity contribution < 1.29 is 19.8 Å². The molecule has 1 aromatic heterocycles. The highest BCUT2D eigenvalue weighted by Gasteiger charge is 2.29.